The van der Waals surface area contributed by atoms with Crippen molar-refractivity contribution in [2.45, 2.75) is 200 Å². The average molecular weight is 1090 g/mol. The van der Waals surface area contributed by atoms with E-state index in [2.05, 4.69) is 272 Å². The molecule has 1 aromatic heterocycles. The molecule has 7 aromatic carbocycles. The van der Waals surface area contributed by atoms with Crippen molar-refractivity contribution < 1.29 is 4.42 Å². The maximum Gasteiger partial charge on any atom is 0.297 e. The van der Waals surface area contributed by atoms with Gasteiger partial charge in [-0.05, 0) is 205 Å². The van der Waals surface area contributed by atoms with Gasteiger partial charge in [-0.3, -0.25) is 0 Å². The Morgan fingerprint density at radius 2 is 0.926 bits per heavy atom. The van der Waals surface area contributed by atoms with Crippen LogP contribution in [0.5, 0.6) is 0 Å². The summed E-state index contributed by atoms with van der Waals surface area (Å²) < 4.78 is 7.84. The van der Waals surface area contributed by atoms with E-state index in [9.17, 15) is 0 Å². The zero-order chi connectivity index (χ0) is 57.5. The summed E-state index contributed by atoms with van der Waals surface area (Å²) in [7, 11) is -1.60. The minimum absolute atomic E-state index is 0.00177. The summed E-state index contributed by atoms with van der Waals surface area (Å²) in [6, 6.07) is 53.3. The van der Waals surface area contributed by atoms with E-state index in [1.807, 2.05) is 0 Å². The average Bonchev–Trinajstić information content (AvgIpc) is 2.04. The zero-order valence-corrected chi connectivity index (χ0v) is 53.3. The predicted octanol–water partition coefficient (Wildman–Crippen LogP) is 18.9. The molecule has 0 radical (unpaired) electrons. The number of fused-ring (bicyclic) bond motifs is 9. The summed E-state index contributed by atoms with van der Waals surface area (Å²) in [5.41, 5.74) is 25.3. The number of benzene rings is 7. The highest BCUT2D eigenvalue weighted by molar-refractivity contribution is 7.00. The minimum Gasteiger partial charge on any atom is -0.468 e. The second-order valence-electron chi connectivity index (χ2n) is 31.5. The molecule has 2 aliphatic heterocycles. The summed E-state index contributed by atoms with van der Waals surface area (Å²) in [5, 5.41) is 2.65. The highest BCUT2D eigenvalue weighted by Crippen LogP contribution is 2.56. The van der Waals surface area contributed by atoms with Gasteiger partial charge in [0.1, 0.15) is 5.58 Å². The van der Waals surface area contributed by atoms with Crippen LogP contribution in [0.15, 0.2) is 138 Å². The number of nitrogens with zero attached hydrogens (tertiary/aromatic N) is 3. The highest BCUT2D eigenvalue weighted by atomic mass is 28.3. The predicted molar refractivity (Wildman–Crippen MR) is 352 cm³/mol. The molecule has 3 heterocycles. The van der Waals surface area contributed by atoms with E-state index in [1.54, 1.807) is 0 Å². The first-order valence-corrected chi connectivity index (χ1v) is 34.2. The fraction of sp³-hybridized carbons (Fsp3) is 0.413. The largest absolute Gasteiger partial charge is 0.468 e. The third kappa shape index (κ3) is 8.47. The SMILES string of the molecule is CC(C)(C)c1ccc2c(c1)B1c3oc4cc5c(cc4c3N(c3ccc4c(c3)C(C)(C)CCC4(C)C)c3cc(N(c4ccccc4)c4ccc([Si](C)(C)C)cc4)cc(c31)N2c1ccc2c(c1)C(C)(C)CCC2(C)C)C(C)(C)CCC5(C)C. The molecule has 0 atom stereocenters. The fourth-order valence-corrected chi connectivity index (χ4v) is 16.4. The maximum absolute atomic E-state index is 7.84. The minimum atomic E-state index is -1.60. The second kappa shape index (κ2) is 17.6. The molecule has 5 aliphatic rings. The van der Waals surface area contributed by atoms with E-state index < -0.39 is 8.07 Å². The summed E-state index contributed by atoms with van der Waals surface area (Å²) in [6.45, 7) is 43.8. The lowest BCUT2D eigenvalue weighted by Gasteiger charge is -2.46. The number of furan rings is 1. The van der Waals surface area contributed by atoms with Gasteiger partial charge in [-0.1, -0.05) is 183 Å². The number of para-hydroxylation sites is 1. The monoisotopic (exact) mass is 1090 g/mol. The van der Waals surface area contributed by atoms with Crippen LogP contribution in [0, 0.1) is 0 Å². The van der Waals surface area contributed by atoms with E-state index in [4.69, 9.17) is 4.42 Å². The van der Waals surface area contributed by atoms with E-state index in [1.165, 1.54) is 107 Å². The first kappa shape index (κ1) is 54.0. The van der Waals surface area contributed by atoms with Crippen LogP contribution in [-0.2, 0) is 37.9 Å². The lowest BCUT2D eigenvalue weighted by Crippen LogP contribution is -2.61. The quantitative estimate of drug-likeness (QED) is 0.155. The van der Waals surface area contributed by atoms with Gasteiger partial charge in [-0.2, -0.15) is 0 Å². The molecule has 0 N–H and O–H groups in total. The second-order valence-corrected chi connectivity index (χ2v) is 36.5. The Morgan fingerprint density at radius 1 is 0.457 bits per heavy atom. The van der Waals surface area contributed by atoms with Gasteiger partial charge < -0.3 is 19.1 Å². The van der Waals surface area contributed by atoms with Crippen molar-refractivity contribution in [1.29, 1.82) is 0 Å². The van der Waals surface area contributed by atoms with Crippen LogP contribution in [0.4, 0.5) is 51.2 Å². The lowest BCUT2D eigenvalue weighted by molar-refractivity contribution is 0.332. The van der Waals surface area contributed by atoms with Gasteiger partial charge in [0.25, 0.3) is 6.71 Å². The number of hydrogen-bond acceptors (Lipinski definition) is 4. The van der Waals surface area contributed by atoms with Crippen LogP contribution in [-0.4, -0.2) is 14.8 Å². The van der Waals surface area contributed by atoms with Gasteiger partial charge in [0.15, 0.2) is 0 Å². The molecular weight excluding hydrogens is 998 g/mol. The van der Waals surface area contributed by atoms with Crippen molar-refractivity contribution in [2.24, 2.45) is 0 Å². The van der Waals surface area contributed by atoms with Crippen LogP contribution in [0.3, 0.4) is 0 Å². The van der Waals surface area contributed by atoms with Crippen LogP contribution in [0.2, 0.25) is 19.6 Å². The first-order valence-electron chi connectivity index (χ1n) is 30.7. The topological polar surface area (TPSA) is 22.9 Å². The zero-order valence-electron chi connectivity index (χ0n) is 52.3. The van der Waals surface area contributed by atoms with E-state index in [0.717, 1.165) is 54.0 Å². The third-order valence-corrected chi connectivity index (χ3v) is 23.0. The Hall–Kier alpha value is -6.24. The number of anilines is 9. The van der Waals surface area contributed by atoms with Crippen LogP contribution in [0.1, 0.15) is 181 Å². The van der Waals surface area contributed by atoms with Gasteiger partial charge in [0, 0.05) is 45.2 Å². The Morgan fingerprint density at radius 3 is 1.44 bits per heavy atom. The molecule has 416 valence electrons. The van der Waals surface area contributed by atoms with Crippen molar-refractivity contribution >= 4 is 98.7 Å². The smallest absolute Gasteiger partial charge is 0.297 e. The number of hydrogen-bond donors (Lipinski definition) is 0. The van der Waals surface area contributed by atoms with Crippen molar-refractivity contribution in [3.8, 4) is 0 Å². The van der Waals surface area contributed by atoms with E-state index in [0.29, 0.717) is 0 Å². The van der Waals surface area contributed by atoms with Gasteiger partial charge in [0.2, 0.25) is 0 Å². The molecule has 0 saturated carbocycles. The Balaban J connectivity index is 1.20. The third-order valence-electron chi connectivity index (χ3n) is 20.9. The molecule has 81 heavy (non-hydrogen) atoms. The fourth-order valence-electron chi connectivity index (χ4n) is 15.2. The summed E-state index contributed by atoms with van der Waals surface area (Å²) in [4.78, 5) is 7.86. The Bertz CT molecular complexity index is 3880. The Labute approximate surface area is 487 Å². The lowest BCUT2D eigenvalue weighted by atomic mass is 9.35. The van der Waals surface area contributed by atoms with Crippen molar-refractivity contribution in [2.75, 3.05) is 14.7 Å². The molecule has 8 aromatic rings. The molecule has 3 aliphatic carbocycles. The molecule has 0 bridgehead atoms. The molecule has 0 unspecified atom stereocenters. The molecule has 0 amide bonds. The van der Waals surface area contributed by atoms with Crippen molar-refractivity contribution in [3.05, 3.63) is 172 Å². The molecule has 4 nitrogen and oxygen atoms in total. The van der Waals surface area contributed by atoms with Crippen LogP contribution >= 0.6 is 0 Å². The number of rotatable bonds is 6. The van der Waals surface area contributed by atoms with E-state index in [-0.39, 0.29) is 44.6 Å². The van der Waals surface area contributed by atoms with Gasteiger partial charge in [-0.25, -0.2) is 0 Å². The summed E-state index contributed by atoms with van der Waals surface area (Å²) >= 11 is 0. The first-order chi connectivity index (χ1) is 37.9. The molecule has 0 saturated heterocycles. The summed E-state index contributed by atoms with van der Waals surface area (Å²) in [6.07, 6.45) is 6.90. The van der Waals surface area contributed by atoms with Gasteiger partial charge >= 0.3 is 0 Å². The highest BCUT2D eigenvalue weighted by Gasteiger charge is 2.50. The maximum atomic E-state index is 7.84. The standard InChI is InChI=1S/C75H88BN3OSi/c1-69(2,3)47-24-33-62-61(40-47)76-66-63(78(62)50-27-31-55-57(41-50)72(8,9)36-34-70(55,4)5)43-52(77(48-22-20-19-21-23-48)49-25-29-53(30-26-49)81(16,17)18)44-64(66)79(51-28-32-56-58(42-51)73(10,11)37-35-71(56,6)7)67-54-45-59-60(46-65(54)80-68(67)76)75(14,15)39-38-74(59,12)13/h19-33,40-46H,34-39H2,1-18H3. The molecule has 0 spiro atoms. The summed E-state index contributed by atoms with van der Waals surface area (Å²) in [5.74, 6) is 0. The van der Waals surface area contributed by atoms with Crippen LogP contribution in [0.25, 0.3) is 11.0 Å². The van der Waals surface area contributed by atoms with Gasteiger partial charge in [-0.15, -0.1) is 0 Å². The molecule has 13 rings (SSSR count). The normalized spacial score (nSPS) is 19.5. The van der Waals surface area contributed by atoms with Crippen LogP contribution < -0.4 is 36.5 Å². The van der Waals surface area contributed by atoms with Gasteiger partial charge in [0.05, 0.1) is 25.1 Å². The molecule has 6 heteroatoms. The molecular formula is C75H88BN3OSi. The van der Waals surface area contributed by atoms with Crippen molar-refractivity contribution in [1.82, 2.24) is 0 Å². The Kier molecular flexibility index (Phi) is 11.8. The van der Waals surface area contributed by atoms with Crippen molar-refractivity contribution in [3.63, 3.8) is 0 Å². The molecule has 0 fully saturated rings. The van der Waals surface area contributed by atoms with E-state index >= 15 is 0 Å².